The number of rotatable bonds is 18. The van der Waals surface area contributed by atoms with Crippen LogP contribution in [-0.2, 0) is 11.2 Å². The maximum atomic E-state index is 11.2. The number of hydrogen-bond donors (Lipinski definition) is 0. The van der Waals surface area contributed by atoms with Gasteiger partial charge in [0, 0.05) is 12.8 Å². The van der Waals surface area contributed by atoms with Crippen molar-refractivity contribution in [3.8, 4) is 5.75 Å². The van der Waals surface area contributed by atoms with E-state index in [1.54, 1.807) is 6.92 Å². The third-order valence-electron chi connectivity index (χ3n) is 5.38. The number of hydrogen-bond acceptors (Lipinski definition) is 2. The highest BCUT2D eigenvalue weighted by Gasteiger charge is 2.09. The smallest absolute Gasteiger partial charge is 0.130 e. The van der Waals surface area contributed by atoms with Crippen LogP contribution in [0.15, 0.2) is 48.6 Å². The Balaban J connectivity index is 2.48. The Morgan fingerprint density at radius 3 is 2.23 bits per heavy atom. The van der Waals surface area contributed by atoms with Gasteiger partial charge in [0.05, 0.1) is 0 Å². The second-order valence-corrected chi connectivity index (χ2v) is 8.38. The Labute approximate surface area is 185 Å². The molecule has 0 aliphatic rings. The molecule has 30 heavy (non-hydrogen) atoms. The Morgan fingerprint density at radius 1 is 0.900 bits per heavy atom. The summed E-state index contributed by atoms with van der Waals surface area (Å²) >= 11 is 0. The van der Waals surface area contributed by atoms with E-state index in [9.17, 15) is 4.79 Å². The fourth-order valence-corrected chi connectivity index (χ4v) is 3.44. The molecular weight excluding hydrogens is 368 g/mol. The molecule has 0 heterocycles. The molecule has 0 spiro atoms. The van der Waals surface area contributed by atoms with Crippen molar-refractivity contribution < 1.29 is 9.53 Å². The van der Waals surface area contributed by atoms with Crippen molar-refractivity contribution in [1.82, 2.24) is 0 Å². The van der Waals surface area contributed by atoms with Crippen molar-refractivity contribution in [3.63, 3.8) is 0 Å². The van der Waals surface area contributed by atoms with Crippen LogP contribution < -0.4 is 4.74 Å². The molecule has 0 saturated carbocycles. The molecule has 1 rings (SSSR count). The number of Topliss-reactive ketones (excluding diaryl/α,β-unsaturated/α-hetero) is 1. The van der Waals surface area contributed by atoms with E-state index in [1.807, 2.05) is 0 Å². The summed E-state index contributed by atoms with van der Waals surface area (Å²) in [6.07, 6.45) is 24.1. The molecule has 2 nitrogen and oxygen atoms in total. The number of ketones is 1. The van der Waals surface area contributed by atoms with Crippen molar-refractivity contribution in [2.45, 2.75) is 110 Å². The summed E-state index contributed by atoms with van der Waals surface area (Å²) in [4.78, 5) is 11.2. The number of allylic oxidation sites excluding steroid dienone is 3. The highest BCUT2D eigenvalue weighted by molar-refractivity contribution is 5.75. The van der Waals surface area contributed by atoms with Gasteiger partial charge in [0.15, 0.2) is 0 Å². The van der Waals surface area contributed by atoms with Crippen molar-refractivity contribution in [2.24, 2.45) is 0 Å². The molecule has 0 fully saturated rings. The first-order valence-electron chi connectivity index (χ1n) is 12.2. The number of benzene rings is 1. The molecule has 0 aromatic heterocycles. The van der Waals surface area contributed by atoms with Crippen LogP contribution in [0.1, 0.15) is 103 Å². The van der Waals surface area contributed by atoms with Gasteiger partial charge in [-0.1, -0.05) is 88.8 Å². The number of ether oxygens (including phenoxy) is 1. The first-order valence-corrected chi connectivity index (χ1v) is 12.2. The number of aryl methyl sites for hydroxylation is 1. The van der Waals surface area contributed by atoms with E-state index in [0.717, 1.165) is 25.0 Å². The van der Waals surface area contributed by atoms with Gasteiger partial charge in [-0.05, 0) is 56.7 Å². The summed E-state index contributed by atoms with van der Waals surface area (Å²) in [6.45, 7) is 6.15. The Kier molecular flexibility index (Phi) is 15.7. The largest absolute Gasteiger partial charge is 0.490 e. The van der Waals surface area contributed by atoms with Crippen LogP contribution in [0, 0.1) is 0 Å². The summed E-state index contributed by atoms with van der Waals surface area (Å²) in [7, 11) is 0. The zero-order valence-corrected chi connectivity index (χ0v) is 19.7. The average molecular weight is 413 g/mol. The number of unbranched alkanes of at least 4 members (excludes halogenated alkanes) is 7. The van der Waals surface area contributed by atoms with Crippen molar-refractivity contribution in [2.75, 3.05) is 0 Å². The monoisotopic (exact) mass is 412 g/mol. The molecule has 0 radical (unpaired) electrons. The van der Waals surface area contributed by atoms with Gasteiger partial charge in [0.2, 0.25) is 0 Å². The standard InChI is InChI=1S/C28H44O2/c1-4-6-8-10-11-12-13-14-16-18-27(17-15-9-7-5-2)30-28-23-21-26(22-24-28)20-19-25(3)29/h12-14,16,21-24,27H,4-11,15,17-20H2,1-3H3. The summed E-state index contributed by atoms with van der Waals surface area (Å²) < 4.78 is 6.31. The van der Waals surface area contributed by atoms with Crippen molar-refractivity contribution in [1.29, 1.82) is 0 Å². The van der Waals surface area contributed by atoms with E-state index in [0.29, 0.717) is 6.42 Å². The van der Waals surface area contributed by atoms with Gasteiger partial charge >= 0.3 is 0 Å². The molecular formula is C28H44O2. The van der Waals surface area contributed by atoms with Gasteiger partial charge < -0.3 is 9.53 Å². The number of carbonyl (C=O) groups is 1. The molecule has 1 aromatic carbocycles. The molecule has 1 unspecified atom stereocenters. The lowest BCUT2D eigenvalue weighted by Gasteiger charge is -2.18. The van der Waals surface area contributed by atoms with Crippen LogP contribution in [0.3, 0.4) is 0 Å². The van der Waals surface area contributed by atoms with Gasteiger partial charge in [-0.15, -0.1) is 0 Å². The Morgan fingerprint density at radius 2 is 1.57 bits per heavy atom. The van der Waals surface area contributed by atoms with Gasteiger partial charge in [-0.25, -0.2) is 0 Å². The second-order valence-electron chi connectivity index (χ2n) is 8.38. The SMILES string of the molecule is CCCCCCC=CC=CCC(CCCCCC)Oc1ccc(CCC(C)=O)cc1. The maximum absolute atomic E-state index is 11.2. The predicted molar refractivity (Wildman–Crippen MR) is 130 cm³/mol. The minimum Gasteiger partial charge on any atom is -0.490 e. The van der Waals surface area contributed by atoms with Crippen LogP contribution in [0.2, 0.25) is 0 Å². The molecule has 0 N–H and O–H groups in total. The maximum Gasteiger partial charge on any atom is 0.130 e. The fraction of sp³-hybridized carbons (Fsp3) is 0.607. The van der Waals surface area contributed by atoms with E-state index in [-0.39, 0.29) is 11.9 Å². The normalized spacial score (nSPS) is 12.6. The Hall–Kier alpha value is -1.83. The zero-order chi connectivity index (χ0) is 21.9. The summed E-state index contributed by atoms with van der Waals surface area (Å²) in [5, 5.41) is 0. The lowest BCUT2D eigenvalue weighted by Crippen LogP contribution is -2.15. The topological polar surface area (TPSA) is 26.3 Å². The first kappa shape index (κ1) is 26.2. The second kappa shape index (κ2) is 18.0. The van der Waals surface area contributed by atoms with Crippen LogP contribution in [0.5, 0.6) is 5.75 Å². The van der Waals surface area contributed by atoms with Crippen LogP contribution >= 0.6 is 0 Å². The van der Waals surface area contributed by atoms with E-state index < -0.39 is 0 Å². The van der Waals surface area contributed by atoms with Gasteiger partial charge in [0.25, 0.3) is 0 Å². The Bertz CT molecular complexity index is 598. The molecule has 0 bridgehead atoms. The molecule has 1 atom stereocenters. The van der Waals surface area contributed by atoms with Gasteiger partial charge in [-0.3, -0.25) is 0 Å². The van der Waals surface area contributed by atoms with Crippen LogP contribution in [0.25, 0.3) is 0 Å². The van der Waals surface area contributed by atoms with E-state index >= 15 is 0 Å². The fourth-order valence-electron chi connectivity index (χ4n) is 3.44. The number of carbonyl (C=O) groups excluding carboxylic acids is 1. The molecule has 0 amide bonds. The molecule has 0 aliphatic heterocycles. The highest BCUT2D eigenvalue weighted by atomic mass is 16.5. The molecule has 1 aromatic rings. The van der Waals surface area contributed by atoms with Gasteiger partial charge in [-0.2, -0.15) is 0 Å². The predicted octanol–water partition coefficient (Wildman–Crippen LogP) is 8.40. The summed E-state index contributed by atoms with van der Waals surface area (Å²) in [5.41, 5.74) is 1.20. The first-order chi connectivity index (χ1) is 14.7. The summed E-state index contributed by atoms with van der Waals surface area (Å²) in [6, 6.07) is 8.27. The molecule has 0 aliphatic carbocycles. The molecule has 168 valence electrons. The average Bonchev–Trinajstić information content (AvgIpc) is 2.74. The molecule has 0 saturated heterocycles. The third-order valence-corrected chi connectivity index (χ3v) is 5.38. The van der Waals surface area contributed by atoms with Crippen LogP contribution in [-0.4, -0.2) is 11.9 Å². The zero-order valence-electron chi connectivity index (χ0n) is 19.7. The highest BCUT2D eigenvalue weighted by Crippen LogP contribution is 2.19. The van der Waals surface area contributed by atoms with E-state index in [2.05, 4.69) is 62.4 Å². The van der Waals surface area contributed by atoms with Crippen LogP contribution in [0.4, 0.5) is 0 Å². The van der Waals surface area contributed by atoms with Crippen molar-refractivity contribution >= 4 is 5.78 Å². The lowest BCUT2D eigenvalue weighted by atomic mass is 10.1. The third kappa shape index (κ3) is 14.2. The van der Waals surface area contributed by atoms with Gasteiger partial charge in [0.1, 0.15) is 17.6 Å². The minimum absolute atomic E-state index is 0.221. The summed E-state index contributed by atoms with van der Waals surface area (Å²) in [5.74, 6) is 1.17. The van der Waals surface area contributed by atoms with E-state index in [1.165, 1.54) is 63.4 Å². The quantitative estimate of drug-likeness (QED) is 0.179. The van der Waals surface area contributed by atoms with Crippen molar-refractivity contribution in [3.05, 3.63) is 54.1 Å². The molecule has 2 heteroatoms. The lowest BCUT2D eigenvalue weighted by molar-refractivity contribution is -0.116. The van der Waals surface area contributed by atoms with E-state index in [4.69, 9.17) is 4.74 Å². The minimum atomic E-state index is 0.221.